The van der Waals surface area contributed by atoms with Gasteiger partial charge in [-0.3, -0.25) is 0 Å². The van der Waals surface area contributed by atoms with Gasteiger partial charge < -0.3 is 19.3 Å². The maximum atomic E-state index is 5.81. The van der Waals surface area contributed by atoms with Crippen molar-refractivity contribution in [2.24, 2.45) is 0 Å². The van der Waals surface area contributed by atoms with Gasteiger partial charge in [0.05, 0.1) is 11.5 Å². The summed E-state index contributed by atoms with van der Waals surface area (Å²) in [5, 5.41) is 5.27. The molecule has 0 atom stereocenters. The second kappa shape index (κ2) is 18.4. The third kappa shape index (κ3) is 8.50. The molecule has 0 aliphatic rings. The van der Waals surface area contributed by atoms with Crippen molar-refractivity contribution in [3.8, 4) is 33.6 Å². The fourth-order valence-electron chi connectivity index (χ4n) is 5.82. The number of aryl methyl sites for hydroxylation is 3. The van der Waals surface area contributed by atoms with Crippen LogP contribution in [0.3, 0.4) is 0 Å². The molecule has 238 valence electrons. The maximum absolute atomic E-state index is 5.81. The molecule has 1 aromatic heterocycles. The summed E-state index contributed by atoms with van der Waals surface area (Å²) in [7, 11) is 0. The molecule has 0 aliphatic carbocycles. The van der Waals surface area contributed by atoms with Crippen molar-refractivity contribution in [2.75, 3.05) is 0 Å². The second-order valence-electron chi connectivity index (χ2n) is 10.8. The number of hydrogen-bond donors (Lipinski definition) is 0. The summed E-state index contributed by atoms with van der Waals surface area (Å²) in [6.07, 6.45) is 0. The van der Waals surface area contributed by atoms with Gasteiger partial charge in [-0.05, 0) is 63.4 Å². The quantitative estimate of drug-likeness (QED) is 0.130. The molecule has 0 unspecified atom stereocenters. The summed E-state index contributed by atoms with van der Waals surface area (Å²) in [6, 6.07) is 40.9. The molecular weight excluding hydrogens is 699 g/mol. The van der Waals surface area contributed by atoms with Crippen LogP contribution in [-0.4, -0.2) is 6.88 Å². The Morgan fingerprint density at radius 3 is 1.59 bits per heavy atom. The van der Waals surface area contributed by atoms with Crippen LogP contribution in [0.1, 0.15) is 28.0 Å². The van der Waals surface area contributed by atoms with E-state index in [4.69, 9.17) is 4.42 Å². The summed E-state index contributed by atoms with van der Waals surface area (Å²) in [4.78, 5) is 0. The standard InChI is InChI=1S/C22H19O.C17H15.2CH3.2ClH.Si.Zr/c1-14-11-18-12-19(21-10-9-15(2)23-21)13-20(18)22(16(14)3)17-7-5-4-6-8-17;1-12-11-15-9-6-10-16(15)17(13(12)2)14-7-4-3-5-8-14;;;;;;/h4-13H,1-3H3;3-11H,1-2H3;2*1H3;2*1H;;/q4*-1;;;;. The first-order valence-corrected chi connectivity index (χ1v) is 18.4. The number of rotatable bonds is 3. The van der Waals surface area contributed by atoms with Crippen molar-refractivity contribution in [1.82, 2.24) is 0 Å². The predicted octanol–water partition coefficient (Wildman–Crippen LogP) is 12.6. The minimum atomic E-state index is 0. The van der Waals surface area contributed by atoms with Crippen LogP contribution in [0.2, 0.25) is 0 Å². The average molecular weight is 741 g/mol. The topological polar surface area (TPSA) is 13.1 Å². The van der Waals surface area contributed by atoms with E-state index in [1.54, 1.807) is 0 Å². The molecule has 0 amide bonds. The van der Waals surface area contributed by atoms with E-state index in [9.17, 15) is 0 Å². The Morgan fingerprint density at radius 2 is 1.09 bits per heavy atom. The van der Waals surface area contributed by atoms with E-state index in [-0.39, 0.29) is 39.7 Å². The van der Waals surface area contributed by atoms with Gasteiger partial charge in [0.2, 0.25) is 0 Å². The van der Waals surface area contributed by atoms with E-state index in [0.29, 0.717) is 0 Å². The molecule has 1 nitrogen and oxygen atoms in total. The van der Waals surface area contributed by atoms with Crippen LogP contribution in [0.4, 0.5) is 0 Å². The Labute approximate surface area is 305 Å². The summed E-state index contributed by atoms with van der Waals surface area (Å²) in [6.45, 7) is 13.8. The summed E-state index contributed by atoms with van der Waals surface area (Å²) in [5.74, 6) is 1.88. The molecule has 1 heterocycles. The normalized spacial score (nSPS) is 9.74. The van der Waals surface area contributed by atoms with Gasteiger partial charge in [-0.25, -0.2) is 0 Å². The van der Waals surface area contributed by atoms with E-state index in [1.807, 2.05) is 19.1 Å². The number of hydrogen-bond acceptors (Lipinski definition) is 1. The van der Waals surface area contributed by atoms with E-state index in [1.165, 1.54) is 89.4 Å². The fraction of sp³-hybridized carbons (Fsp3) is 0.122. The van der Waals surface area contributed by atoms with Crippen molar-refractivity contribution in [1.29, 1.82) is 0 Å². The van der Waals surface area contributed by atoms with Crippen LogP contribution in [0.15, 0.2) is 120 Å². The molecule has 0 N–H and O–H groups in total. The Hall–Kier alpha value is -2.94. The van der Waals surface area contributed by atoms with Gasteiger partial charge in [-0.2, -0.15) is 12.1 Å². The van der Waals surface area contributed by atoms with E-state index in [0.717, 1.165) is 17.1 Å². The Morgan fingerprint density at radius 1 is 0.587 bits per heavy atom. The van der Waals surface area contributed by atoms with Gasteiger partial charge in [-0.1, -0.05) is 94.0 Å². The van der Waals surface area contributed by atoms with Crippen molar-refractivity contribution < 1.29 is 27.8 Å². The first-order chi connectivity index (χ1) is 20.4. The summed E-state index contributed by atoms with van der Waals surface area (Å²) < 4.78 is 5.81. The zero-order chi connectivity index (χ0) is 29.8. The predicted molar refractivity (Wildman–Crippen MR) is 204 cm³/mol. The van der Waals surface area contributed by atoms with Crippen molar-refractivity contribution in [2.45, 2.75) is 34.6 Å². The molecule has 0 aliphatic heterocycles. The SMILES string of the molecule is Cc1cc2[cH-]ccc2c(-c2ccccc2)c1C.Cc1ccc(-c2cc3c(-c4ccccc4)c(C)c(C)cc3[cH-]2)o1.Cl.Cl.[CH3-].[CH3-].[Si]=[Zr]. The van der Waals surface area contributed by atoms with Crippen LogP contribution < -0.4 is 0 Å². The summed E-state index contributed by atoms with van der Waals surface area (Å²) >= 11 is 1.36. The molecule has 0 fully saturated rings. The van der Waals surface area contributed by atoms with Crippen LogP contribution in [0, 0.1) is 49.5 Å². The third-order valence-corrected chi connectivity index (χ3v) is 8.14. The van der Waals surface area contributed by atoms with Crippen molar-refractivity contribution >= 4 is 53.2 Å². The first kappa shape index (κ1) is 41.1. The zero-order valence-electron chi connectivity index (χ0n) is 27.7. The third-order valence-electron chi connectivity index (χ3n) is 8.14. The van der Waals surface area contributed by atoms with Gasteiger partial charge in [0.1, 0.15) is 0 Å². The van der Waals surface area contributed by atoms with Crippen LogP contribution in [0.25, 0.3) is 55.1 Å². The molecule has 6 aromatic carbocycles. The van der Waals surface area contributed by atoms with Crippen LogP contribution in [0.5, 0.6) is 0 Å². The molecule has 0 spiro atoms. The van der Waals surface area contributed by atoms with Crippen molar-refractivity contribution in [3.63, 3.8) is 0 Å². The van der Waals surface area contributed by atoms with Gasteiger partial charge in [-0.15, -0.1) is 76.7 Å². The monoisotopic (exact) mass is 738 g/mol. The van der Waals surface area contributed by atoms with Crippen LogP contribution >= 0.6 is 24.8 Å². The molecular formula is C41H42Cl2OSiZr-4. The second-order valence-corrected chi connectivity index (χ2v) is 10.8. The minimum absolute atomic E-state index is 0. The Kier molecular flexibility index (Phi) is 16.4. The van der Waals surface area contributed by atoms with E-state index in [2.05, 4.69) is 138 Å². The fourth-order valence-corrected chi connectivity index (χ4v) is 5.82. The van der Waals surface area contributed by atoms with Gasteiger partial charge in [0.25, 0.3) is 0 Å². The molecule has 2 radical (unpaired) electrons. The molecule has 7 aromatic rings. The van der Waals surface area contributed by atoms with E-state index >= 15 is 0 Å². The molecule has 7 rings (SSSR count). The number of halogens is 2. The zero-order valence-corrected chi connectivity index (χ0v) is 32.8. The van der Waals surface area contributed by atoms with Gasteiger partial charge in [0, 0.05) is 0 Å². The number of benzene rings is 4. The van der Waals surface area contributed by atoms with Gasteiger partial charge in [0.15, 0.2) is 0 Å². The Balaban J connectivity index is 0.000000416. The van der Waals surface area contributed by atoms with Gasteiger partial charge >= 0.3 is 30.2 Å². The average Bonchev–Trinajstić information content (AvgIpc) is 3.76. The van der Waals surface area contributed by atoms with E-state index < -0.39 is 0 Å². The summed E-state index contributed by atoms with van der Waals surface area (Å²) in [5.41, 5.74) is 11.9. The molecule has 0 bridgehead atoms. The molecule has 0 saturated heterocycles. The molecule has 0 saturated carbocycles. The first-order valence-electron chi connectivity index (χ1n) is 14.2. The van der Waals surface area contributed by atoms with Crippen molar-refractivity contribution in [3.05, 3.63) is 158 Å². The molecule has 46 heavy (non-hydrogen) atoms. The Bertz CT molecular complexity index is 1970. The number of furan rings is 1. The van der Waals surface area contributed by atoms with Crippen LogP contribution in [-0.2, 0) is 23.3 Å². The number of fused-ring (bicyclic) bond motifs is 2. The molecule has 5 heteroatoms.